The SMILES string of the molecule is COC(=O)C(Cc1c[nH]c2ccccc12)NC(=O)C(=O)c1cn(CC(=O)N2CCCC2)c2ccccc12. The number of H-pyrrole nitrogens is 1. The molecule has 0 saturated carbocycles. The summed E-state index contributed by atoms with van der Waals surface area (Å²) in [6.45, 7) is 1.55. The molecule has 5 rings (SSSR count). The Labute approximate surface area is 213 Å². The molecule has 0 bridgehead atoms. The molecule has 1 unspecified atom stereocenters. The average molecular weight is 501 g/mol. The molecule has 3 heterocycles. The third-order valence-corrected chi connectivity index (χ3v) is 6.89. The fraction of sp³-hybridized carbons (Fsp3) is 0.286. The van der Waals surface area contributed by atoms with Gasteiger partial charge in [0.05, 0.1) is 12.7 Å². The van der Waals surface area contributed by atoms with Gasteiger partial charge in [0.2, 0.25) is 5.91 Å². The summed E-state index contributed by atoms with van der Waals surface area (Å²) in [6, 6.07) is 13.7. The summed E-state index contributed by atoms with van der Waals surface area (Å²) in [4.78, 5) is 56.6. The summed E-state index contributed by atoms with van der Waals surface area (Å²) >= 11 is 0. The number of ketones is 1. The Morgan fingerprint density at radius 2 is 1.70 bits per heavy atom. The summed E-state index contributed by atoms with van der Waals surface area (Å²) in [5.74, 6) is -2.36. The monoisotopic (exact) mass is 500 g/mol. The Morgan fingerprint density at radius 3 is 2.46 bits per heavy atom. The quantitative estimate of drug-likeness (QED) is 0.219. The molecular weight excluding hydrogens is 472 g/mol. The highest BCUT2D eigenvalue weighted by atomic mass is 16.5. The van der Waals surface area contributed by atoms with E-state index < -0.39 is 23.7 Å². The predicted molar refractivity (Wildman–Crippen MR) is 138 cm³/mol. The number of carbonyl (C=O) groups is 4. The zero-order valence-corrected chi connectivity index (χ0v) is 20.5. The normalized spacial score (nSPS) is 14.1. The van der Waals surface area contributed by atoms with Crippen molar-refractivity contribution in [2.45, 2.75) is 31.8 Å². The maximum Gasteiger partial charge on any atom is 0.328 e. The fourth-order valence-corrected chi connectivity index (χ4v) is 4.97. The van der Waals surface area contributed by atoms with Crippen LogP contribution >= 0.6 is 0 Å². The zero-order valence-electron chi connectivity index (χ0n) is 20.5. The van der Waals surface area contributed by atoms with Gasteiger partial charge in [-0.15, -0.1) is 0 Å². The van der Waals surface area contributed by atoms with E-state index in [0.29, 0.717) is 10.9 Å². The van der Waals surface area contributed by atoms with Gasteiger partial charge in [0.1, 0.15) is 12.6 Å². The van der Waals surface area contributed by atoms with Crippen LogP contribution in [0.4, 0.5) is 0 Å². The maximum absolute atomic E-state index is 13.3. The number of methoxy groups -OCH3 is 1. The van der Waals surface area contributed by atoms with Gasteiger partial charge in [-0.25, -0.2) is 4.79 Å². The van der Waals surface area contributed by atoms with Gasteiger partial charge in [-0.1, -0.05) is 36.4 Å². The topological polar surface area (TPSA) is 113 Å². The van der Waals surface area contributed by atoms with Crippen molar-refractivity contribution in [3.63, 3.8) is 0 Å². The van der Waals surface area contributed by atoms with Crippen LogP contribution in [0.1, 0.15) is 28.8 Å². The van der Waals surface area contributed by atoms with E-state index in [1.54, 1.807) is 29.1 Å². The Balaban J connectivity index is 1.38. The zero-order chi connectivity index (χ0) is 25.9. The van der Waals surface area contributed by atoms with Gasteiger partial charge >= 0.3 is 5.97 Å². The van der Waals surface area contributed by atoms with Crippen LogP contribution in [0.5, 0.6) is 0 Å². The molecule has 0 aliphatic carbocycles. The number of rotatable bonds is 8. The van der Waals surface area contributed by atoms with Crippen molar-refractivity contribution in [3.05, 3.63) is 72.1 Å². The lowest BCUT2D eigenvalue weighted by atomic mass is 10.0. The minimum atomic E-state index is -1.05. The molecule has 2 aromatic heterocycles. The van der Waals surface area contributed by atoms with E-state index in [1.807, 2.05) is 41.3 Å². The number of hydrogen-bond donors (Lipinski definition) is 2. The minimum absolute atomic E-state index is 0.0220. The summed E-state index contributed by atoms with van der Waals surface area (Å²) in [7, 11) is 1.24. The number of ether oxygens (including phenoxy) is 1. The summed E-state index contributed by atoms with van der Waals surface area (Å²) < 4.78 is 6.61. The molecule has 2 N–H and O–H groups in total. The van der Waals surface area contributed by atoms with E-state index in [1.165, 1.54) is 7.11 Å². The second-order valence-corrected chi connectivity index (χ2v) is 9.22. The van der Waals surface area contributed by atoms with Crippen molar-refractivity contribution >= 4 is 45.4 Å². The van der Waals surface area contributed by atoms with Gasteiger partial charge in [0, 0.05) is 53.7 Å². The molecule has 9 nitrogen and oxygen atoms in total. The van der Waals surface area contributed by atoms with Gasteiger partial charge in [-0.2, -0.15) is 0 Å². The lowest BCUT2D eigenvalue weighted by molar-refractivity contribution is -0.144. The van der Waals surface area contributed by atoms with Crippen LogP contribution in [0.3, 0.4) is 0 Å². The summed E-state index contributed by atoms with van der Waals surface area (Å²) in [5.41, 5.74) is 2.59. The predicted octanol–water partition coefficient (Wildman–Crippen LogP) is 2.83. The Hall–Kier alpha value is -4.40. The standard InChI is InChI=1S/C28H28N4O5/c1-37-28(36)23(14-18-15-29-22-10-4-2-8-19(18)22)30-27(35)26(34)21-16-32(24-11-5-3-9-20(21)24)17-25(33)31-12-6-7-13-31/h2-5,8-11,15-16,23,29H,6-7,12-14,17H2,1H3,(H,30,35). The molecule has 190 valence electrons. The average Bonchev–Trinajstić information content (AvgIpc) is 3.67. The summed E-state index contributed by atoms with van der Waals surface area (Å²) in [5, 5.41) is 4.06. The van der Waals surface area contributed by atoms with Gasteiger partial charge in [0.15, 0.2) is 0 Å². The van der Waals surface area contributed by atoms with Gasteiger partial charge in [-0.05, 0) is 30.5 Å². The molecular formula is C28H28N4O5. The van der Waals surface area contributed by atoms with E-state index in [9.17, 15) is 19.2 Å². The highest BCUT2D eigenvalue weighted by Crippen LogP contribution is 2.23. The van der Waals surface area contributed by atoms with E-state index in [-0.39, 0.29) is 24.4 Å². The maximum atomic E-state index is 13.3. The minimum Gasteiger partial charge on any atom is -0.467 e. The van der Waals surface area contributed by atoms with E-state index >= 15 is 0 Å². The van der Waals surface area contributed by atoms with Gasteiger partial charge in [0.25, 0.3) is 11.7 Å². The molecule has 1 atom stereocenters. The number of amides is 2. The molecule has 1 aliphatic rings. The highest BCUT2D eigenvalue weighted by molar-refractivity contribution is 6.45. The van der Waals surface area contributed by atoms with Crippen LogP contribution in [0, 0.1) is 0 Å². The Bertz CT molecular complexity index is 1490. The van der Waals surface area contributed by atoms with Crippen molar-refractivity contribution in [2.24, 2.45) is 0 Å². The number of likely N-dealkylation sites (tertiary alicyclic amines) is 1. The number of nitrogens with zero attached hydrogens (tertiary/aromatic N) is 2. The smallest absolute Gasteiger partial charge is 0.328 e. The van der Waals surface area contributed by atoms with E-state index in [4.69, 9.17) is 4.74 Å². The van der Waals surface area contributed by atoms with Gasteiger partial charge in [-0.3, -0.25) is 14.4 Å². The molecule has 2 aromatic carbocycles. The van der Waals surface area contributed by atoms with Crippen LogP contribution < -0.4 is 5.32 Å². The first-order valence-electron chi connectivity index (χ1n) is 12.3. The van der Waals surface area contributed by atoms with Crippen LogP contribution in [-0.4, -0.2) is 64.3 Å². The highest BCUT2D eigenvalue weighted by Gasteiger charge is 2.29. The lowest BCUT2D eigenvalue weighted by Gasteiger charge is -2.16. The van der Waals surface area contributed by atoms with Crippen LogP contribution in [0.25, 0.3) is 21.8 Å². The number of nitrogens with one attached hydrogen (secondary N) is 2. The van der Waals surface area contributed by atoms with Crippen molar-refractivity contribution in [3.8, 4) is 0 Å². The van der Waals surface area contributed by atoms with Gasteiger partial charge < -0.3 is 24.5 Å². The van der Waals surface area contributed by atoms with Crippen LogP contribution in [0.2, 0.25) is 0 Å². The lowest BCUT2D eigenvalue weighted by Crippen LogP contribution is -2.45. The molecule has 1 saturated heterocycles. The Morgan fingerprint density at radius 1 is 1.00 bits per heavy atom. The van der Waals surface area contributed by atoms with Crippen molar-refractivity contribution in [1.82, 2.24) is 19.8 Å². The number of para-hydroxylation sites is 2. The summed E-state index contributed by atoms with van der Waals surface area (Å²) in [6.07, 6.45) is 5.46. The Kier molecular flexibility index (Phi) is 6.76. The molecule has 4 aromatic rings. The first-order valence-corrected chi connectivity index (χ1v) is 12.3. The second kappa shape index (κ2) is 10.3. The molecule has 2 amide bonds. The molecule has 1 aliphatic heterocycles. The number of fused-ring (bicyclic) bond motifs is 2. The van der Waals surface area contributed by atoms with E-state index in [2.05, 4.69) is 10.3 Å². The molecule has 0 spiro atoms. The number of benzene rings is 2. The number of Topliss-reactive ketones (excluding diaryl/α,β-unsaturated/α-hetero) is 1. The third kappa shape index (κ3) is 4.84. The molecule has 0 radical (unpaired) electrons. The fourth-order valence-electron chi connectivity index (χ4n) is 4.97. The molecule has 9 heteroatoms. The number of esters is 1. The molecule has 37 heavy (non-hydrogen) atoms. The number of carbonyl (C=O) groups excluding carboxylic acids is 4. The van der Waals surface area contributed by atoms with Crippen molar-refractivity contribution < 1.29 is 23.9 Å². The van der Waals surface area contributed by atoms with Crippen LogP contribution in [0.15, 0.2) is 60.9 Å². The van der Waals surface area contributed by atoms with E-state index in [0.717, 1.165) is 42.4 Å². The third-order valence-electron chi connectivity index (χ3n) is 6.89. The molecule has 1 fully saturated rings. The largest absolute Gasteiger partial charge is 0.467 e. The van der Waals surface area contributed by atoms with Crippen molar-refractivity contribution in [2.75, 3.05) is 20.2 Å². The number of aromatic amines is 1. The first-order chi connectivity index (χ1) is 18.0. The number of hydrogen-bond acceptors (Lipinski definition) is 5. The first kappa shape index (κ1) is 24.3. The number of aromatic nitrogens is 2. The van der Waals surface area contributed by atoms with Crippen molar-refractivity contribution in [1.29, 1.82) is 0 Å². The van der Waals surface area contributed by atoms with Crippen LogP contribution in [-0.2, 0) is 32.1 Å². The second-order valence-electron chi connectivity index (χ2n) is 9.22.